The van der Waals surface area contributed by atoms with Gasteiger partial charge in [0.2, 0.25) is 0 Å². The maximum absolute atomic E-state index is 9.91. The fourth-order valence-electron chi connectivity index (χ4n) is 2.74. The summed E-state index contributed by atoms with van der Waals surface area (Å²) in [7, 11) is 0. The van der Waals surface area contributed by atoms with Crippen LogP contribution in [0.15, 0.2) is 58.3 Å². The van der Waals surface area contributed by atoms with E-state index in [1.54, 1.807) is 11.8 Å². The molecule has 2 aromatic carbocycles. The van der Waals surface area contributed by atoms with E-state index in [4.69, 9.17) is 0 Å². The largest absolute Gasteiger partial charge is 0.197 e. The van der Waals surface area contributed by atoms with E-state index >= 15 is 0 Å². The maximum Gasteiger partial charge on any atom is 0.160 e. The highest BCUT2D eigenvalue weighted by Gasteiger charge is 2.48. The van der Waals surface area contributed by atoms with Crippen LogP contribution in [0.1, 0.15) is 11.1 Å². The Morgan fingerprint density at radius 2 is 1.29 bits per heavy atom. The number of nitrogens with zero attached hydrogens (tertiary/aromatic N) is 3. The van der Waals surface area contributed by atoms with E-state index < -0.39 is 11.3 Å². The molecular formula is C17H9N3S. The Bertz CT molecular complexity index is 777. The van der Waals surface area contributed by atoms with Crippen molar-refractivity contribution in [2.24, 2.45) is 5.92 Å². The molecule has 0 fully saturated rings. The summed E-state index contributed by atoms with van der Waals surface area (Å²) in [6.07, 6.45) is 0. The standard InChI is InChI=1S/C17H9N3S/c18-9-12(10-19)17(11-20)13-5-1-3-7-15(13)21-16-8-4-2-6-14(16)17/h1-8,12H. The van der Waals surface area contributed by atoms with E-state index in [1.807, 2.05) is 60.7 Å². The third kappa shape index (κ3) is 1.73. The first-order valence-corrected chi connectivity index (χ1v) is 7.17. The number of nitriles is 3. The molecule has 3 rings (SSSR count). The van der Waals surface area contributed by atoms with Gasteiger partial charge in [0.1, 0.15) is 5.41 Å². The quantitative estimate of drug-likeness (QED) is 0.803. The number of benzene rings is 2. The second-order valence-electron chi connectivity index (χ2n) is 4.71. The molecule has 0 aromatic heterocycles. The van der Waals surface area contributed by atoms with Crippen LogP contribution in [-0.4, -0.2) is 0 Å². The lowest BCUT2D eigenvalue weighted by Gasteiger charge is -2.35. The summed E-state index contributed by atoms with van der Waals surface area (Å²) < 4.78 is 0. The van der Waals surface area contributed by atoms with Gasteiger partial charge in [0.15, 0.2) is 5.92 Å². The first-order valence-electron chi connectivity index (χ1n) is 6.35. The molecule has 0 amide bonds. The van der Waals surface area contributed by atoms with E-state index in [0.717, 1.165) is 20.9 Å². The summed E-state index contributed by atoms with van der Waals surface area (Å²) in [4.78, 5) is 1.85. The van der Waals surface area contributed by atoms with Crippen LogP contribution in [0.5, 0.6) is 0 Å². The average molecular weight is 287 g/mol. The summed E-state index contributed by atoms with van der Waals surface area (Å²) in [6, 6.07) is 21.3. The molecule has 1 aliphatic rings. The highest BCUT2D eigenvalue weighted by Crippen LogP contribution is 2.51. The fraction of sp³-hybridized carbons (Fsp3) is 0.118. The maximum atomic E-state index is 9.91. The summed E-state index contributed by atoms with van der Waals surface area (Å²) in [6.45, 7) is 0. The first kappa shape index (κ1) is 13.3. The molecule has 0 atom stereocenters. The lowest BCUT2D eigenvalue weighted by Crippen LogP contribution is -2.36. The highest BCUT2D eigenvalue weighted by atomic mass is 32.2. The zero-order chi connectivity index (χ0) is 14.9. The van der Waals surface area contributed by atoms with Gasteiger partial charge in [-0.3, -0.25) is 0 Å². The normalized spacial score (nSPS) is 14.2. The summed E-state index contributed by atoms with van der Waals surface area (Å²) in [5.74, 6) is -1.05. The second kappa shape index (κ2) is 4.98. The number of fused-ring (bicyclic) bond motifs is 2. The van der Waals surface area contributed by atoms with E-state index in [-0.39, 0.29) is 0 Å². The zero-order valence-corrected chi connectivity index (χ0v) is 11.8. The van der Waals surface area contributed by atoms with Crippen molar-refractivity contribution in [2.45, 2.75) is 15.2 Å². The molecule has 0 bridgehead atoms. The van der Waals surface area contributed by atoms with Gasteiger partial charge in [-0.1, -0.05) is 48.2 Å². The van der Waals surface area contributed by atoms with E-state index in [2.05, 4.69) is 6.07 Å². The van der Waals surface area contributed by atoms with Crippen LogP contribution in [0.2, 0.25) is 0 Å². The van der Waals surface area contributed by atoms with Gasteiger partial charge in [-0.05, 0) is 23.3 Å². The van der Waals surface area contributed by atoms with Crippen LogP contribution in [-0.2, 0) is 5.41 Å². The molecule has 0 spiro atoms. The Morgan fingerprint density at radius 1 is 0.810 bits per heavy atom. The fourth-order valence-corrected chi connectivity index (χ4v) is 3.95. The van der Waals surface area contributed by atoms with Gasteiger partial charge in [-0.15, -0.1) is 0 Å². The van der Waals surface area contributed by atoms with Crippen LogP contribution >= 0.6 is 11.8 Å². The molecule has 2 aromatic rings. The summed E-state index contributed by atoms with van der Waals surface area (Å²) in [5, 5.41) is 28.7. The van der Waals surface area contributed by atoms with Crippen LogP contribution in [0.3, 0.4) is 0 Å². The van der Waals surface area contributed by atoms with Crippen molar-refractivity contribution >= 4 is 11.8 Å². The van der Waals surface area contributed by atoms with Gasteiger partial charge in [0, 0.05) is 9.79 Å². The van der Waals surface area contributed by atoms with Gasteiger partial charge >= 0.3 is 0 Å². The molecule has 0 aliphatic carbocycles. The van der Waals surface area contributed by atoms with Gasteiger partial charge in [-0.25, -0.2) is 0 Å². The lowest BCUT2D eigenvalue weighted by atomic mass is 9.67. The second-order valence-corrected chi connectivity index (χ2v) is 5.79. The molecule has 0 saturated carbocycles. The molecule has 1 aliphatic heterocycles. The van der Waals surface area contributed by atoms with Gasteiger partial charge in [0.25, 0.3) is 0 Å². The molecule has 3 nitrogen and oxygen atoms in total. The predicted octanol–water partition coefficient (Wildman–Crippen LogP) is 3.62. The minimum Gasteiger partial charge on any atom is -0.197 e. The molecule has 98 valence electrons. The Labute approximate surface area is 127 Å². The van der Waals surface area contributed by atoms with Crippen LogP contribution in [0, 0.1) is 39.9 Å². The highest BCUT2D eigenvalue weighted by molar-refractivity contribution is 7.99. The molecule has 0 saturated heterocycles. The minimum absolute atomic E-state index is 0.740. The predicted molar refractivity (Wildman–Crippen MR) is 78.1 cm³/mol. The van der Waals surface area contributed by atoms with Crippen molar-refractivity contribution in [2.75, 3.05) is 0 Å². The molecular weight excluding hydrogens is 278 g/mol. The third-order valence-corrected chi connectivity index (χ3v) is 4.86. The van der Waals surface area contributed by atoms with Crippen molar-refractivity contribution in [3.8, 4) is 18.2 Å². The Balaban J connectivity index is 2.42. The Hall–Kier alpha value is -2.74. The van der Waals surface area contributed by atoms with E-state index in [1.165, 1.54) is 0 Å². The Kier molecular flexibility index (Phi) is 3.15. The zero-order valence-electron chi connectivity index (χ0n) is 10.9. The summed E-state index contributed by atoms with van der Waals surface area (Å²) in [5.41, 5.74) is 0.246. The number of hydrogen-bond acceptors (Lipinski definition) is 4. The van der Waals surface area contributed by atoms with Crippen molar-refractivity contribution in [1.29, 1.82) is 15.8 Å². The molecule has 1 heterocycles. The molecule has 21 heavy (non-hydrogen) atoms. The van der Waals surface area contributed by atoms with Crippen LogP contribution in [0.4, 0.5) is 0 Å². The van der Waals surface area contributed by atoms with Crippen molar-refractivity contribution in [3.63, 3.8) is 0 Å². The van der Waals surface area contributed by atoms with Gasteiger partial charge < -0.3 is 0 Å². The topological polar surface area (TPSA) is 71.4 Å². The van der Waals surface area contributed by atoms with Gasteiger partial charge in [0.05, 0.1) is 18.2 Å². The smallest absolute Gasteiger partial charge is 0.160 e. The van der Waals surface area contributed by atoms with Crippen LogP contribution in [0.25, 0.3) is 0 Å². The summed E-state index contributed by atoms with van der Waals surface area (Å²) >= 11 is 1.57. The first-order chi connectivity index (χ1) is 10.3. The number of hydrogen-bond donors (Lipinski definition) is 0. The van der Waals surface area contributed by atoms with Crippen molar-refractivity contribution < 1.29 is 0 Å². The third-order valence-electron chi connectivity index (χ3n) is 3.71. The molecule has 4 heteroatoms. The minimum atomic E-state index is -1.23. The number of rotatable bonds is 1. The molecule has 0 radical (unpaired) electrons. The van der Waals surface area contributed by atoms with Crippen molar-refractivity contribution in [3.05, 3.63) is 59.7 Å². The molecule has 0 N–H and O–H groups in total. The molecule has 0 unspecified atom stereocenters. The lowest BCUT2D eigenvalue weighted by molar-refractivity contribution is 0.552. The Morgan fingerprint density at radius 3 is 1.71 bits per heavy atom. The average Bonchev–Trinajstić information content (AvgIpc) is 2.55. The van der Waals surface area contributed by atoms with Crippen LogP contribution < -0.4 is 0 Å². The van der Waals surface area contributed by atoms with E-state index in [9.17, 15) is 15.8 Å². The monoisotopic (exact) mass is 287 g/mol. The van der Waals surface area contributed by atoms with Gasteiger partial charge in [-0.2, -0.15) is 15.8 Å². The van der Waals surface area contributed by atoms with E-state index in [0.29, 0.717) is 0 Å². The SMILES string of the molecule is N#CC(C#N)C1(C#N)c2ccccc2Sc2ccccc21. The van der Waals surface area contributed by atoms with Crippen molar-refractivity contribution in [1.82, 2.24) is 0 Å².